The number of carbonyl (C=O) groups excluding carboxylic acids is 1. The number of carbonyl (C=O) groups is 1. The normalized spacial score (nSPS) is 13.8. The lowest BCUT2D eigenvalue weighted by molar-refractivity contribution is -0.127. The first-order chi connectivity index (χ1) is 14.5. The van der Waals surface area contributed by atoms with Gasteiger partial charge in [0.05, 0.1) is 12.2 Å². The Morgan fingerprint density at radius 1 is 1.17 bits per heavy atom. The molecule has 4 rings (SSSR count). The number of thioether (sulfide) groups is 1. The predicted molar refractivity (Wildman–Crippen MR) is 121 cm³/mol. The van der Waals surface area contributed by atoms with Crippen molar-refractivity contribution in [1.82, 2.24) is 20.1 Å². The molecular weight excluding hydrogens is 416 g/mol. The first-order valence-corrected chi connectivity index (χ1v) is 11.5. The van der Waals surface area contributed by atoms with E-state index in [0.717, 1.165) is 41.4 Å². The van der Waals surface area contributed by atoms with Gasteiger partial charge >= 0.3 is 0 Å². The SMILES string of the molecule is Cc1ccccc1CSc1nnc(CNC(=O)C2CCC2)n1-c1cc(Cl)ccc1C. The van der Waals surface area contributed by atoms with Crippen molar-refractivity contribution in [3.8, 4) is 5.69 Å². The number of aromatic nitrogens is 3. The maximum Gasteiger partial charge on any atom is 0.223 e. The zero-order valence-corrected chi connectivity index (χ0v) is 18.8. The lowest BCUT2D eigenvalue weighted by atomic mass is 9.85. The quantitative estimate of drug-likeness (QED) is 0.510. The Morgan fingerprint density at radius 2 is 1.97 bits per heavy atom. The summed E-state index contributed by atoms with van der Waals surface area (Å²) >= 11 is 7.93. The number of nitrogens with one attached hydrogen (secondary N) is 1. The molecule has 0 saturated heterocycles. The van der Waals surface area contributed by atoms with Crippen LogP contribution in [0.15, 0.2) is 47.6 Å². The molecule has 0 unspecified atom stereocenters. The molecule has 0 atom stereocenters. The van der Waals surface area contributed by atoms with Gasteiger partial charge in [0.1, 0.15) is 0 Å². The van der Waals surface area contributed by atoms with Crippen LogP contribution in [0.4, 0.5) is 0 Å². The van der Waals surface area contributed by atoms with Gasteiger partial charge in [-0.1, -0.05) is 60.1 Å². The molecule has 0 radical (unpaired) electrons. The standard InChI is InChI=1S/C23H25ClN4OS/c1-15-6-3-4-7-18(15)14-30-23-27-26-21(13-25-22(29)17-8-5-9-17)28(23)20-12-19(24)11-10-16(20)2/h3-4,6-7,10-12,17H,5,8-9,13-14H2,1-2H3,(H,25,29). The number of amides is 1. The lowest BCUT2D eigenvalue weighted by Crippen LogP contribution is -2.34. The summed E-state index contributed by atoms with van der Waals surface area (Å²) in [7, 11) is 0. The highest BCUT2D eigenvalue weighted by atomic mass is 35.5. The molecule has 1 aliphatic rings. The molecule has 1 fully saturated rings. The number of halogens is 1. The van der Waals surface area contributed by atoms with E-state index in [-0.39, 0.29) is 11.8 Å². The molecule has 0 aliphatic heterocycles. The lowest BCUT2D eigenvalue weighted by Gasteiger charge is -2.24. The molecule has 5 nitrogen and oxygen atoms in total. The van der Waals surface area contributed by atoms with Gasteiger partial charge in [-0.3, -0.25) is 9.36 Å². The Bertz CT molecular complexity index is 1060. The molecule has 1 aromatic heterocycles. The van der Waals surface area contributed by atoms with Gasteiger partial charge in [0, 0.05) is 16.7 Å². The summed E-state index contributed by atoms with van der Waals surface area (Å²) < 4.78 is 2.02. The van der Waals surface area contributed by atoms with E-state index in [4.69, 9.17) is 11.6 Å². The molecule has 2 aromatic carbocycles. The minimum Gasteiger partial charge on any atom is -0.349 e. The van der Waals surface area contributed by atoms with E-state index >= 15 is 0 Å². The Balaban J connectivity index is 1.62. The highest BCUT2D eigenvalue weighted by Crippen LogP contribution is 2.30. The van der Waals surface area contributed by atoms with E-state index in [1.54, 1.807) is 11.8 Å². The number of hydrogen-bond donors (Lipinski definition) is 1. The van der Waals surface area contributed by atoms with Crippen LogP contribution in [0.25, 0.3) is 5.69 Å². The molecule has 0 spiro atoms. The molecule has 1 saturated carbocycles. The van der Waals surface area contributed by atoms with Gasteiger partial charge < -0.3 is 5.32 Å². The molecule has 1 heterocycles. The van der Waals surface area contributed by atoms with Crippen molar-refractivity contribution in [3.05, 3.63) is 70.0 Å². The smallest absolute Gasteiger partial charge is 0.223 e. The summed E-state index contributed by atoms with van der Waals surface area (Å²) in [6.07, 6.45) is 3.09. The fourth-order valence-corrected chi connectivity index (χ4v) is 4.68. The average Bonchev–Trinajstić information content (AvgIpc) is 3.09. The monoisotopic (exact) mass is 440 g/mol. The zero-order chi connectivity index (χ0) is 21.1. The van der Waals surface area contributed by atoms with Crippen LogP contribution in [-0.4, -0.2) is 20.7 Å². The average molecular weight is 441 g/mol. The van der Waals surface area contributed by atoms with Crippen LogP contribution in [-0.2, 0) is 17.1 Å². The van der Waals surface area contributed by atoms with Crippen LogP contribution < -0.4 is 5.32 Å². The van der Waals surface area contributed by atoms with E-state index in [1.807, 2.05) is 35.8 Å². The summed E-state index contributed by atoms with van der Waals surface area (Å²) in [6, 6.07) is 14.1. The predicted octanol–water partition coefficient (Wildman–Crippen LogP) is 5.25. The van der Waals surface area contributed by atoms with Crippen molar-refractivity contribution in [3.63, 3.8) is 0 Å². The van der Waals surface area contributed by atoms with E-state index in [0.29, 0.717) is 17.4 Å². The highest BCUT2D eigenvalue weighted by Gasteiger charge is 2.25. The molecule has 30 heavy (non-hydrogen) atoms. The second kappa shape index (κ2) is 9.23. The number of nitrogens with zero attached hydrogens (tertiary/aromatic N) is 3. The van der Waals surface area contributed by atoms with Crippen LogP contribution in [0.3, 0.4) is 0 Å². The third kappa shape index (κ3) is 4.55. The third-order valence-corrected chi connectivity index (χ3v) is 6.84. The van der Waals surface area contributed by atoms with Crippen molar-refractivity contribution in [2.45, 2.75) is 50.6 Å². The number of aryl methyl sites for hydroxylation is 2. The molecule has 156 valence electrons. The number of rotatable bonds is 7. The van der Waals surface area contributed by atoms with Crippen molar-refractivity contribution >= 4 is 29.3 Å². The van der Waals surface area contributed by atoms with E-state index < -0.39 is 0 Å². The van der Waals surface area contributed by atoms with Crippen LogP contribution in [0, 0.1) is 19.8 Å². The molecule has 0 bridgehead atoms. The molecule has 7 heteroatoms. The van der Waals surface area contributed by atoms with Crippen LogP contribution in [0.5, 0.6) is 0 Å². The summed E-state index contributed by atoms with van der Waals surface area (Å²) in [6.45, 7) is 4.50. The van der Waals surface area contributed by atoms with Crippen molar-refractivity contribution in [2.24, 2.45) is 5.92 Å². The van der Waals surface area contributed by atoms with Gasteiger partial charge in [0.25, 0.3) is 0 Å². The molecule has 3 aromatic rings. The molecule has 1 aliphatic carbocycles. The third-order valence-electron chi connectivity index (χ3n) is 5.63. The minimum atomic E-state index is 0.104. The summed E-state index contributed by atoms with van der Waals surface area (Å²) in [5.41, 5.74) is 4.53. The van der Waals surface area contributed by atoms with Gasteiger partial charge in [0.15, 0.2) is 11.0 Å². The maximum absolute atomic E-state index is 12.3. The molecule has 1 amide bonds. The van der Waals surface area contributed by atoms with Gasteiger partial charge in [-0.2, -0.15) is 0 Å². The largest absolute Gasteiger partial charge is 0.349 e. The van der Waals surface area contributed by atoms with Crippen molar-refractivity contribution < 1.29 is 4.79 Å². The zero-order valence-electron chi connectivity index (χ0n) is 17.2. The van der Waals surface area contributed by atoms with E-state index in [1.165, 1.54) is 11.1 Å². The Kier molecular flexibility index (Phi) is 6.44. The Morgan fingerprint density at radius 3 is 2.70 bits per heavy atom. The highest BCUT2D eigenvalue weighted by molar-refractivity contribution is 7.98. The van der Waals surface area contributed by atoms with E-state index in [2.05, 4.69) is 40.6 Å². The summed E-state index contributed by atoms with van der Waals surface area (Å²) in [4.78, 5) is 12.3. The van der Waals surface area contributed by atoms with E-state index in [9.17, 15) is 4.79 Å². The number of hydrogen-bond acceptors (Lipinski definition) is 4. The first kappa shape index (κ1) is 20.9. The van der Waals surface area contributed by atoms with Gasteiger partial charge in [-0.15, -0.1) is 10.2 Å². The van der Waals surface area contributed by atoms with Crippen LogP contribution in [0.1, 0.15) is 41.8 Å². The first-order valence-electron chi connectivity index (χ1n) is 10.2. The maximum atomic E-state index is 12.3. The number of benzene rings is 2. The second-order valence-electron chi connectivity index (χ2n) is 7.73. The molecular formula is C23H25ClN4OS. The van der Waals surface area contributed by atoms with Gasteiger partial charge in [-0.05, 0) is 55.5 Å². The van der Waals surface area contributed by atoms with Crippen LogP contribution in [0.2, 0.25) is 5.02 Å². The fraction of sp³-hybridized carbons (Fsp3) is 0.348. The molecule has 1 N–H and O–H groups in total. The Labute approximate surface area is 186 Å². The Hall–Kier alpha value is -2.31. The second-order valence-corrected chi connectivity index (χ2v) is 9.10. The van der Waals surface area contributed by atoms with Crippen LogP contribution >= 0.6 is 23.4 Å². The summed E-state index contributed by atoms with van der Waals surface area (Å²) in [5.74, 6) is 1.75. The fourth-order valence-electron chi connectivity index (χ4n) is 3.47. The van der Waals surface area contributed by atoms with Gasteiger partial charge in [0.2, 0.25) is 5.91 Å². The topological polar surface area (TPSA) is 59.8 Å². The van der Waals surface area contributed by atoms with Gasteiger partial charge in [-0.25, -0.2) is 0 Å². The minimum absolute atomic E-state index is 0.104. The van der Waals surface area contributed by atoms with Crippen molar-refractivity contribution in [1.29, 1.82) is 0 Å². The van der Waals surface area contributed by atoms with Crippen molar-refractivity contribution in [2.75, 3.05) is 0 Å². The summed E-state index contributed by atoms with van der Waals surface area (Å²) in [5, 5.41) is 13.3.